The molecule has 17 heavy (non-hydrogen) atoms. The van der Waals surface area contributed by atoms with Gasteiger partial charge in [-0.15, -0.1) is 0 Å². The fraction of sp³-hybridized carbons (Fsp3) is 0.667. The predicted molar refractivity (Wildman–Crippen MR) is 69.8 cm³/mol. The number of hydrogen-bond donors (Lipinski definition) is 0. The number of nitrogens with zero attached hydrogens (tertiary/aromatic N) is 3. The largest absolute Gasteiger partial charge is 0.369 e. The van der Waals surface area contributed by atoms with E-state index in [1.807, 2.05) is 6.92 Å². The van der Waals surface area contributed by atoms with E-state index in [4.69, 9.17) is 11.6 Å². The molecular weight excluding hydrogens is 238 g/mol. The Labute approximate surface area is 106 Å². The van der Waals surface area contributed by atoms with Crippen molar-refractivity contribution in [1.82, 2.24) is 9.78 Å². The van der Waals surface area contributed by atoms with Crippen LogP contribution >= 0.6 is 11.6 Å². The Morgan fingerprint density at radius 2 is 2.12 bits per heavy atom. The van der Waals surface area contributed by atoms with Crippen LogP contribution in [0, 0.1) is 5.92 Å². The zero-order valence-electron chi connectivity index (χ0n) is 10.3. The van der Waals surface area contributed by atoms with Crippen LogP contribution in [0.1, 0.15) is 26.7 Å². The van der Waals surface area contributed by atoms with Gasteiger partial charge in [0.25, 0.3) is 5.56 Å². The molecule has 1 fully saturated rings. The molecule has 0 aliphatic carbocycles. The Morgan fingerprint density at radius 1 is 1.47 bits per heavy atom. The number of piperidine rings is 1. The number of anilines is 1. The summed E-state index contributed by atoms with van der Waals surface area (Å²) in [4.78, 5) is 14.0. The van der Waals surface area contributed by atoms with E-state index in [1.54, 1.807) is 6.20 Å². The van der Waals surface area contributed by atoms with Gasteiger partial charge in [-0.25, -0.2) is 4.68 Å². The van der Waals surface area contributed by atoms with Gasteiger partial charge in [0.2, 0.25) is 0 Å². The van der Waals surface area contributed by atoms with Crippen LogP contribution in [0.3, 0.4) is 0 Å². The first-order valence-electron chi connectivity index (χ1n) is 6.14. The fourth-order valence-electron chi connectivity index (χ4n) is 2.15. The van der Waals surface area contributed by atoms with Gasteiger partial charge in [0.15, 0.2) is 0 Å². The van der Waals surface area contributed by atoms with Gasteiger partial charge in [0.1, 0.15) is 5.02 Å². The lowest BCUT2D eigenvalue weighted by Gasteiger charge is -2.32. The second kappa shape index (κ2) is 5.08. The molecule has 0 amide bonds. The van der Waals surface area contributed by atoms with Gasteiger partial charge < -0.3 is 4.90 Å². The smallest absolute Gasteiger partial charge is 0.287 e. The highest BCUT2D eigenvalue weighted by Crippen LogP contribution is 2.26. The molecule has 0 saturated carbocycles. The quantitative estimate of drug-likeness (QED) is 0.813. The van der Waals surface area contributed by atoms with Gasteiger partial charge >= 0.3 is 0 Å². The Kier molecular flexibility index (Phi) is 3.72. The van der Waals surface area contributed by atoms with E-state index in [2.05, 4.69) is 16.9 Å². The summed E-state index contributed by atoms with van der Waals surface area (Å²) in [6, 6.07) is 0. The van der Waals surface area contributed by atoms with Crippen molar-refractivity contribution in [2.24, 2.45) is 5.92 Å². The number of aryl methyl sites for hydroxylation is 1. The number of aromatic nitrogens is 2. The summed E-state index contributed by atoms with van der Waals surface area (Å²) in [6.45, 7) is 6.60. The van der Waals surface area contributed by atoms with Crippen LogP contribution in [-0.2, 0) is 6.54 Å². The van der Waals surface area contributed by atoms with E-state index in [9.17, 15) is 4.79 Å². The van der Waals surface area contributed by atoms with E-state index in [1.165, 1.54) is 4.68 Å². The van der Waals surface area contributed by atoms with Crippen LogP contribution in [-0.4, -0.2) is 22.9 Å². The van der Waals surface area contributed by atoms with Gasteiger partial charge in [-0.2, -0.15) is 5.10 Å². The Balaban J connectivity index is 2.28. The van der Waals surface area contributed by atoms with Crippen LogP contribution in [0.2, 0.25) is 5.02 Å². The molecule has 4 nitrogen and oxygen atoms in total. The molecule has 1 saturated heterocycles. The zero-order valence-corrected chi connectivity index (χ0v) is 11.1. The van der Waals surface area contributed by atoms with E-state index < -0.39 is 0 Å². The summed E-state index contributed by atoms with van der Waals surface area (Å²) in [5, 5.41) is 4.43. The molecule has 94 valence electrons. The van der Waals surface area contributed by atoms with Gasteiger partial charge in [-0.3, -0.25) is 4.79 Å². The van der Waals surface area contributed by atoms with E-state index in [0.717, 1.165) is 37.5 Å². The standard InChI is InChI=1S/C12H18ClN3O/c1-3-16-12(17)11(13)10(8-14-16)15-6-4-9(2)5-7-15/h8-9H,3-7H2,1-2H3. The maximum Gasteiger partial charge on any atom is 0.287 e. The minimum absolute atomic E-state index is 0.190. The molecule has 1 aromatic heterocycles. The van der Waals surface area contributed by atoms with Crippen molar-refractivity contribution in [3.05, 3.63) is 21.6 Å². The average molecular weight is 256 g/mol. The Morgan fingerprint density at radius 3 is 2.71 bits per heavy atom. The Bertz CT molecular complexity index is 450. The van der Waals surface area contributed by atoms with E-state index in [-0.39, 0.29) is 5.56 Å². The molecule has 0 bridgehead atoms. The molecule has 0 N–H and O–H groups in total. The molecular formula is C12H18ClN3O. The second-order valence-electron chi connectivity index (χ2n) is 4.63. The van der Waals surface area contributed by atoms with Crippen LogP contribution in [0.25, 0.3) is 0 Å². The first-order chi connectivity index (χ1) is 8.13. The minimum atomic E-state index is -0.190. The van der Waals surface area contributed by atoms with E-state index in [0.29, 0.717) is 11.6 Å². The molecule has 1 aromatic rings. The van der Waals surface area contributed by atoms with Crippen LogP contribution in [0.5, 0.6) is 0 Å². The lowest BCUT2D eigenvalue weighted by Crippen LogP contribution is -2.35. The summed E-state index contributed by atoms with van der Waals surface area (Å²) in [6.07, 6.45) is 4.00. The van der Waals surface area contributed by atoms with Crippen LogP contribution < -0.4 is 10.5 Å². The molecule has 0 radical (unpaired) electrons. The third-order valence-electron chi connectivity index (χ3n) is 3.39. The SMILES string of the molecule is CCn1ncc(N2CCC(C)CC2)c(Cl)c1=O. The molecule has 1 aliphatic heterocycles. The van der Waals surface area contributed by atoms with Crippen molar-refractivity contribution in [2.45, 2.75) is 33.2 Å². The lowest BCUT2D eigenvalue weighted by atomic mass is 9.99. The highest BCUT2D eigenvalue weighted by molar-refractivity contribution is 6.33. The van der Waals surface area contributed by atoms with E-state index >= 15 is 0 Å². The number of hydrogen-bond acceptors (Lipinski definition) is 3. The van der Waals surface area contributed by atoms with Crippen molar-refractivity contribution in [3.8, 4) is 0 Å². The van der Waals surface area contributed by atoms with Gasteiger partial charge in [0, 0.05) is 19.6 Å². The molecule has 2 heterocycles. The maximum atomic E-state index is 11.9. The van der Waals surface area contributed by atoms with Crippen LogP contribution in [0.15, 0.2) is 11.0 Å². The first kappa shape index (κ1) is 12.4. The van der Waals surface area contributed by atoms with Crippen LogP contribution in [0.4, 0.5) is 5.69 Å². The molecule has 2 rings (SSSR count). The highest BCUT2D eigenvalue weighted by Gasteiger charge is 2.20. The molecule has 0 spiro atoms. The Hall–Kier alpha value is -1.03. The summed E-state index contributed by atoms with van der Waals surface area (Å²) in [7, 11) is 0. The molecule has 1 aliphatic rings. The highest BCUT2D eigenvalue weighted by atomic mass is 35.5. The summed E-state index contributed by atoms with van der Waals surface area (Å²) < 4.78 is 1.39. The molecule has 0 unspecified atom stereocenters. The topological polar surface area (TPSA) is 38.1 Å². The van der Waals surface area contributed by atoms with Crippen molar-refractivity contribution >= 4 is 17.3 Å². The second-order valence-corrected chi connectivity index (χ2v) is 5.01. The van der Waals surface area contributed by atoms with Crippen molar-refractivity contribution in [3.63, 3.8) is 0 Å². The summed E-state index contributed by atoms with van der Waals surface area (Å²) in [5.74, 6) is 0.758. The number of rotatable bonds is 2. The maximum absolute atomic E-state index is 11.9. The average Bonchev–Trinajstić information content (AvgIpc) is 2.34. The number of halogens is 1. The summed E-state index contributed by atoms with van der Waals surface area (Å²) >= 11 is 6.13. The van der Waals surface area contributed by atoms with Crippen molar-refractivity contribution in [1.29, 1.82) is 0 Å². The van der Waals surface area contributed by atoms with Gasteiger partial charge in [0.05, 0.1) is 11.9 Å². The van der Waals surface area contributed by atoms with Crippen molar-refractivity contribution < 1.29 is 0 Å². The first-order valence-corrected chi connectivity index (χ1v) is 6.51. The monoisotopic (exact) mass is 255 g/mol. The fourth-order valence-corrected chi connectivity index (χ4v) is 2.42. The third-order valence-corrected chi connectivity index (χ3v) is 3.75. The van der Waals surface area contributed by atoms with Crippen molar-refractivity contribution in [2.75, 3.05) is 18.0 Å². The molecule has 5 heteroatoms. The lowest BCUT2D eigenvalue weighted by molar-refractivity contribution is 0.437. The summed E-state index contributed by atoms with van der Waals surface area (Å²) in [5.41, 5.74) is 0.596. The van der Waals surface area contributed by atoms with Gasteiger partial charge in [-0.05, 0) is 25.7 Å². The predicted octanol–water partition coefficient (Wildman–Crippen LogP) is 2.15. The zero-order chi connectivity index (χ0) is 12.4. The minimum Gasteiger partial charge on any atom is -0.369 e. The molecule has 0 aromatic carbocycles. The normalized spacial score (nSPS) is 17.5. The molecule has 0 atom stereocenters. The third kappa shape index (κ3) is 2.46. The van der Waals surface area contributed by atoms with Gasteiger partial charge in [-0.1, -0.05) is 18.5 Å².